The molecular weight excluding hydrogens is 176 g/mol. The molecule has 62 valence electrons. The van der Waals surface area contributed by atoms with Gasteiger partial charge in [0.05, 0.1) is 0 Å². The SMILES string of the molecule is NC1=NS(=O)(=O)c2ccccc21. The second kappa shape index (κ2) is 2.07. The first-order valence-corrected chi connectivity index (χ1v) is 4.75. The Balaban J connectivity index is 2.86. The van der Waals surface area contributed by atoms with Crippen molar-refractivity contribution in [3.63, 3.8) is 0 Å². The van der Waals surface area contributed by atoms with Crippen molar-refractivity contribution in [1.29, 1.82) is 0 Å². The Labute approximate surface area is 69.8 Å². The van der Waals surface area contributed by atoms with E-state index >= 15 is 0 Å². The van der Waals surface area contributed by atoms with Crippen molar-refractivity contribution in [3.05, 3.63) is 29.8 Å². The lowest BCUT2D eigenvalue weighted by molar-refractivity contribution is 0.599. The molecule has 5 heteroatoms. The van der Waals surface area contributed by atoms with Gasteiger partial charge in [0.15, 0.2) is 0 Å². The van der Waals surface area contributed by atoms with Crippen molar-refractivity contribution >= 4 is 15.9 Å². The third-order valence-electron chi connectivity index (χ3n) is 1.66. The average molecular weight is 182 g/mol. The molecule has 0 radical (unpaired) electrons. The first-order valence-electron chi connectivity index (χ1n) is 3.31. The van der Waals surface area contributed by atoms with Gasteiger partial charge in [-0.1, -0.05) is 12.1 Å². The third-order valence-corrected chi connectivity index (χ3v) is 3.01. The number of sulfonamides is 1. The molecule has 0 aliphatic carbocycles. The number of rotatable bonds is 0. The summed E-state index contributed by atoms with van der Waals surface area (Å²) < 4.78 is 25.7. The largest absolute Gasteiger partial charge is 0.382 e. The molecule has 0 saturated heterocycles. The van der Waals surface area contributed by atoms with Crippen LogP contribution in [0.4, 0.5) is 0 Å². The Morgan fingerprint density at radius 2 is 1.92 bits per heavy atom. The molecule has 0 spiro atoms. The highest BCUT2D eigenvalue weighted by molar-refractivity contribution is 7.90. The van der Waals surface area contributed by atoms with Crippen LogP contribution in [0.15, 0.2) is 33.6 Å². The number of fused-ring (bicyclic) bond motifs is 1. The van der Waals surface area contributed by atoms with Gasteiger partial charge in [-0.25, -0.2) is 0 Å². The van der Waals surface area contributed by atoms with Gasteiger partial charge < -0.3 is 5.73 Å². The Bertz CT molecular complexity index is 462. The minimum Gasteiger partial charge on any atom is -0.382 e. The number of hydrogen-bond acceptors (Lipinski definition) is 3. The number of nitrogens with two attached hydrogens (primary N) is 1. The summed E-state index contributed by atoms with van der Waals surface area (Å²) in [6, 6.07) is 6.50. The molecule has 1 aromatic rings. The maximum absolute atomic E-state index is 11.2. The molecule has 0 unspecified atom stereocenters. The molecule has 0 atom stereocenters. The summed E-state index contributed by atoms with van der Waals surface area (Å²) in [4.78, 5) is 0.197. The van der Waals surface area contributed by atoms with E-state index in [4.69, 9.17) is 5.73 Å². The van der Waals surface area contributed by atoms with Gasteiger partial charge in [0.25, 0.3) is 10.0 Å². The van der Waals surface area contributed by atoms with E-state index in [1.807, 2.05) is 0 Å². The molecule has 0 fully saturated rings. The van der Waals surface area contributed by atoms with E-state index in [0.29, 0.717) is 5.56 Å². The maximum atomic E-state index is 11.2. The summed E-state index contributed by atoms with van der Waals surface area (Å²) in [5.41, 5.74) is 5.89. The van der Waals surface area contributed by atoms with Crippen molar-refractivity contribution in [1.82, 2.24) is 0 Å². The highest BCUT2D eigenvalue weighted by Crippen LogP contribution is 2.23. The Morgan fingerprint density at radius 3 is 2.58 bits per heavy atom. The van der Waals surface area contributed by atoms with Crippen LogP contribution in [-0.4, -0.2) is 14.3 Å². The highest BCUT2D eigenvalue weighted by Gasteiger charge is 2.25. The molecule has 1 heterocycles. The van der Waals surface area contributed by atoms with E-state index in [9.17, 15) is 8.42 Å². The van der Waals surface area contributed by atoms with E-state index in [1.165, 1.54) is 6.07 Å². The molecule has 2 rings (SSSR count). The van der Waals surface area contributed by atoms with Crippen LogP contribution in [0.3, 0.4) is 0 Å². The van der Waals surface area contributed by atoms with E-state index in [0.717, 1.165) is 0 Å². The van der Waals surface area contributed by atoms with Gasteiger partial charge >= 0.3 is 0 Å². The number of amidine groups is 1. The van der Waals surface area contributed by atoms with Gasteiger partial charge in [0.1, 0.15) is 10.7 Å². The first kappa shape index (κ1) is 7.30. The fraction of sp³-hybridized carbons (Fsp3) is 0. The fourth-order valence-electron chi connectivity index (χ4n) is 1.13. The summed E-state index contributed by atoms with van der Waals surface area (Å²) in [7, 11) is -3.49. The zero-order valence-electron chi connectivity index (χ0n) is 6.06. The van der Waals surface area contributed by atoms with Gasteiger partial charge in [-0.05, 0) is 12.1 Å². The number of benzene rings is 1. The van der Waals surface area contributed by atoms with E-state index in [-0.39, 0.29) is 10.7 Å². The van der Waals surface area contributed by atoms with Crippen molar-refractivity contribution in [2.24, 2.45) is 10.1 Å². The molecule has 0 bridgehead atoms. The summed E-state index contributed by atoms with van der Waals surface area (Å²) >= 11 is 0. The Morgan fingerprint density at radius 1 is 1.25 bits per heavy atom. The highest BCUT2D eigenvalue weighted by atomic mass is 32.2. The predicted molar refractivity (Wildman–Crippen MR) is 44.4 cm³/mol. The van der Waals surface area contributed by atoms with Crippen molar-refractivity contribution < 1.29 is 8.42 Å². The molecule has 1 aliphatic rings. The van der Waals surface area contributed by atoms with E-state index in [2.05, 4.69) is 4.40 Å². The zero-order valence-corrected chi connectivity index (χ0v) is 6.88. The van der Waals surface area contributed by atoms with Gasteiger partial charge in [0.2, 0.25) is 0 Å². The maximum Gasteiger partial charge on any atom is 0.285 e. The van der Waals surface area contributed by atoms with Crippen molar-refractivity contribution in [2.75, 3.05) is 0 Å². The predicted octanol–water partition coefficient (Wildman–Crippen LogP) is 0.0942. The van der Waals surface area contributed by atoms with Crippen LogP contribution in [-0.2, 0) is 10.0 Å². The van der Waals surface area contributed by atoms with Gasteiger partial charge in [-0.3, -0.25) is 0 Å². The van der Waals surface area contributed by atoms with Crippen LogP contribution >= 0.6 is 0 Å². The van der Waals surface area contributed by atoms with Crippen molar-refractivity contribution in [2.45, 2.75) is 4.90 Å². The van der Waals surface area contributed by atoms with E-state index < -0.39 is 10.0 Å². The number of nitrogens with zero attached hydrogens (tertiary/aromatic N) is 1. The lowest BCUT2D eigenvalue weighted by atomic mass is 10.2. The van der Waals surface area contributed by atoms with Crippen molar-refractivity contribution in [3.8, 4) is 0 Å². The topological polar surface area (TPSA) is 72.5 Å². The quantitative estimate of drug-likeness (QED) is 0.618. The van der Waals surface area contributed by atoms with Gasteiger partial charge in [0, 0.05) is 5.56 Å². The zero-order chi connectivity index (χ0) is 8.77. The summed E-state index contributed by atoms with van der Waals surface area (Å²) in [6.45, 7) is 0. The smallest absolute Gasteiger partial charge is 0.285 e. The third kappa shape index (κ3) is 0.831. The molecular formula is C7H6N2O2S. The molecule has 12 heavy (non-hydrogen) atoms. The van der Waals surface area contributed by atoms with Crippen LogP contribution in [0.5, 0.6) is 0 Å². The van der Waals surface area contributed by atoms with Crippen LogP contribution in [0, 0.1) is 0 Å². The van der Waals surface area contributed by atoms with Gasteiger partial charge in [-0.15, -0.1) is 4.40 Å². The molecule has 2 N–H and O–H groups in total. The minimum atomic E-state index is -3.49. The second-order valence-electron chi connectivity index (χ2n) is 2.45. The second-order valence-corrected chi connectivity index (χ2v) is 4.02. The molecule has 1 aliphatic heterocycles. The standard InChI is InChI=1S/C7H6N2O2S/c8-7-5-3-1-2-4-6(5)12(10,11)9-7/h1-4H,(H2,8,9). The first-order chi connectivity index (χ1) is 5.61. The van der Waals surface area contributed by atoms with Crippen LogP contribution < -0.4 is 5.73 Å². The van der Waals surface area contributed by atoms with Crippen LogP contribution in [0.2, 0.25) is 0 Å². The summed E-state index contributed by atoms with van der Waals surface area (Å²) in [5.74, 6) is 0.0746. The fourth-order valence-corrected chi connectivity index (χ4v) is 2.29. The average Bonchev–Trinajstić information content (AvgIpc) is 2.25. The Kier molecular flexibility index (Phi) is 1.26. The normalized spacial score (nSPS) is 18.5. The number of hydrogen-bond donors (Lipinski definition) is 1. The van der Waals surface area contributed by atoms with E-state index in [1.54, 1.807) is 18.2 Å². The van der Waals surface area contributed by atoms with Crippen LogP contribution in [0.1, 0.15) is 5.56 Å². The molecule has 1 aromatic carbocycles. The Hall–Kier alpha value is -1.36. The summed E-state index contributed by atoms with van der Waals surface area (Å²) in [6.07, 6.45) is 0. The van der Waals surface area contributed by atoms with Crippen LogP contribution in [0.25, 0.3) is 0 Å². The van der Waals surface area contributed by atoms with Gasteiger partial charge in [-0.2, -0.15) is 8.42 Å². The summed E-state index contributed by atoms with van der Waals surface area (Å²) in [5, 5.41) is 0. The molecule has 0 saturated carbocycles. The monoisotopic (exact) mass is 182 g/mol. The lowest BCUT2D eigenvalue weighted by Crippen LogP contribution is -2.09. The molecule has 0 amide bonds. The molecule has 0 aromatic heterocycles. The minimum absolute atomic E-state index is 0.0746. The molecule has 4 nitrogen and oxygen atoms in total. The lowest BCUT2D eigenvalue weighted by Gasteiger charge is -1.93.